The fourth-order valence-electron chi connectivity index (χ4n) is 1.74. The summed E-state index contributed by atoms with van der Waals surface area (Å²) >= 11 is 0. The first-order valence-corrected chi connectivity index (χ1v) is 5.52. The summed E-state index contributed by atoms with van der Waals surface area (Å²) in [4.78, 5) is 0. The molecule has 0 fully saturated rings. The van der Waals surface area contributed by atoms with E-state index < -0.39 is 0 Å². The molecule has 3 rings (SSSR count). The van der Waals surface area contributed by atoms with Gasteiger partial charge in [-0.25, -0.2) is 0 Å². The molecule has 2 aromatic carbocycles. The molecule has 0 bridgehead atoms. The standard InChI is InChI=1S/C12H9O2P/c1-2-4-10-9(3-1)5-6-12-11(10)7-8-13-15-14-12/h1-8,15H. The van der Waals surface area contributed by atoms with E-state index in [1.165, 1.54) is 10.8 Å². The van der Waals surface area contributed by atoms with Crippen LogP contribution in [-0.4, -0.2) is 0 Å². The van der Waals surface area contributed by atoms with Crippen molar-refractivity contribution in [3.63, 3.8) is 0 Å². The molecule has 2 nitrogen and oxygen atoms in total. The molecule has 0 spiro atoms. The van der Waals surface area contributed by atoms with Gasteiger partial charge in [0.1, 0.15) is 5.58 Å². The van der Waals surface area contributed by atoms with Gasteiger partial charge in [-0.15, -0.1) is 0 Å². The van der Waals surface area contributed by atoms with Crippen LogP contribution in [0, 0.1) is 0 Å². The van der Waals surface area contributed by atoms with Crippen molar-refractivity contribution in [2.45, 2.75) is 0 Å². The van der Waals surface area contributed by atoms with Gasteiger partial charge in [0.15, 0.2) is 0 Å². The van der Waals surface area contributed by atoms with E-state index in [1.807, 2.05) is 24.3 Å². The lowest BCUT2D eigenvalue weighted by atomic mass is 10.1. The van der Waals surface area contributed by atoms with E-state index in [2.05, 4.69) is 18.2 Å². The normalized spacial score (nSPS) is 11.2. The van der Waals surface area contributed by atoms with Crippen LogP contribution in [0.5, 0.6) is 0 Å². The largest absolute Gasteiger partial charge is 0.430 e. The maximum Gasteiger partial charge on any atom is 0.201 e. The Kier molecular flexibility index (Phi) is 2.01. The minimum atomic E-state index is 0.0461. The van der Waals surface area contributed by atoms with Gasteiger partial charge in [0, 0.05) is 5.39 Å². The minimum absolute atomic E-state index is 0.0461. The van der Waals surface area contributed by atoms with Gasteiger partial charge in [0.05, 0.1) is 6.26 Å². The lowest BCUT2D eigenvalue weighted by molar-refractivity contribution is 0.630. The molecule has 0 amide bonds. The van der Waals surface area contributed by atoms with Crippen molar-refractivity contribution in [1.82, 2.24) is 0 Å². The predicted molar refractivity (Wildman–Crippen MR) is 63.1 cm³/mol. The average Bonchev–Trinajstić information content (AvgIpc) is 2.54. The maximum absolute atomic E-state index is 5.50. The average molecular weight is 216 g/mol. The fourth-order valence-corrected chi connectivity index (χ4v) is 2.17. The number of hydrogen-bond donors (Lipinski definition) is 0. The van der Waals surface area contributed by atoms with E-state index in [0.29, 0.717) is 0 Å². The Morgan fingerprint density at radius 3 is 2.80 bits per heavy atom. The smallest absolute Gasteiger partial charge is 0.201 e. The van der Waals surface area contributed by atoms with E-state index in [9.17, 15) is 0 Å². The molecule has 0 saturated heterocycles. The Balaban J connectivity index is 2.61. The second kappa shape index (κ2) is 3.48. The molecule has 1 heterocycles. The summed E-state index contributed by atoms with van der Waals surface area (Å²) in [7, 11) is 0.0461. The molecule has 1 atom stereocenters. The van der Waals surface area contributed by atoms with Crippen molar-refractivity contribution >= 4 is 30.4 Å². The monoisotopic (exact) mass is 216 g/mol. The molecular weight excluding hydrogens is 207 g/mol. The van der Waals surface area contributed by atoms with E-state index in [4.69, 9.17) is 8.39 Å². The van der Waals surface area contributed by atoms with Gasteiger partial charge < -0.3 is 8.39 Å². The van der Waals surface area contributed by atoms with Crippen LogP contribution in [0.4, 0.5) is 0 Å². The van der Waals surface area contributed by atoms with Crippen LogP contribution in [0.1, 0.15) is 0 Å². The summed E-state index contributed by atoms with van der Waals surface area (Å²) in [5.74, 6) is 0. The van der Waals surface area contributed by atoms with Gasteiger partial charge in [0.2, 0.25) is 8.67 Å². The van der Waals surface area contributed by atoms with E-state index in [1.54, 1.807) is 6.26 Å². The van der Waals surface area contributed by atoms with E-state index in [0.717, 1.165) is 11.0 Å². The third-order valence-corrected chi connectivity index (χ3v) is 2.97. The molecule has 0 aliphatic heterocycles. The number of rotatable bonds is 0. The van der Waals surface area contributed by atoms with Crippen LogP contribution in [0.2, 0.25) is 0 Å². The molecule has 0 aliphatic carbocycles. The molecule has 1 unspecified atom stereocenters. The van der Waals surface area contributed by atoms with Crippen molar-refractivity contribution in [2.75, 3.05) is 0 Å². The Morgan fingerprint density at radius 2 is 1.80 bits per heavy atom. The SMILES string of the molecule is c1ccc2c(c1)ccc1o[pH]occc12. The van der Waals surface area contributed by atoms with Crippen molar-refractivity contribution < 1.29 is 8.39 Å². The van der Waals surface area contributed by atoms with Crippen LogP contribution < -0.4 is 0 Å². The van der Waals surface area contributed by atoms with Crippen LogP contribution in [-0.2, 0) is 0 Å². The highest BCUT2D eigenvalue weighted by Gasteiger charge is 1.99. The molecule has 0 aliphatic rings. The Labute approximate surface area is 88.1 Å². The molecule has 15 heavy (non-hydrogen) atoms. The van der Waals surface area contributed by atoms with E-state index >= 15 is 0 Å². The number of hydrogen-bond acceptors (Lipinski definition) is 2. The lowest BCUT2D eigenvalue weighted by Crippen LogP contribution is -1.73. The molecule has 0 N–H and O–H groups in total. The Morgan fingerprint density at radius 1 is 0.867 bits per heavy atom. The lowest BCUT2D eigenvalue weighted by Gasteiger charge is -1.98. The Hall–Kier alpha value is -1.66. The van der Waals surface area contributed by atoms with Crippen molar-refractivity contribution in [2.24, 2.45) is 0 Å². The summed E-state index contributed by atoms with van der Waals surface area (Å²) < 4.78 is 10.7. The third kappa shape index (κ3) is 1.43. The van der Waals surface area contributed by atoms with Gasteiger partial charge in [-0.05, 0) is 22.9 Å². The topological polar surface area (TPSA) is 26.3 Å². The van der Waals surface area contributed by atoms with Crippen molar-refractivity contribution in [3.05, 3.63) is 48.7 Å². The molecule has 0 radical (unpaired) electrons. The van der Waals surface area contributed by atoms with Crippen LogP contribution in [0.15, 0.2) is 57.1 Å². The molecule has 3 heteroatoms. The molecule has 0 saturated carbocycles. The van der Waals surface area contributed by atoms with Crippen LogP contribution in [0.25, 0.3) is 21.7 Å². The zero-order valence-corrected chi connectivity index (χ0v) is 8.94. The van der Waals surface area contributed by atoms with Crippen LogP contribution in [0.3, 0.4) is 0 Å². The molecular formula is C12H9O2P. The minimum Gasteiger partial charge on any atom is -0.430 e. The predicted octanol–water partition coefficient (Wildman–Crippen LogP) is 4.33. The van der Waals surface area contributed by atoms with Gasteiger partial charge in [-0.2, -0.15) is 0 Å². The highest BCUT2D eigenvalue weighted by molar-refractivity contribution is 7.15. The van der Waals surface area contributed by atoms with Crippen LogP contribution >= 0.6 is 8.67 Å². The van der Waals surface area contributed by atoms with Gasteiger partial charge in [-0.1, -0.05) is 30.3 Å². The fraction of sp³-hybridized carbons (Fsp3) is 0. The maximum atomic E-state index is 5.50. The molecule has 3 aromatic rings. The summed E-state index contributed by atoms with van der Waals surface area (Å²) in [5, 5.41) is 3.51. The highest BCUT2D eigenvalue weighted by Crippen LogP contribution is 2.25. The third-order valence-electron chi connectivity index (χ3n) is 2.43. The first-order chi connectivity index (χ1) is 7.45. The quantitative estimate of drug-likeness (QED) is 0.558. The van der Waals surface area contributed by atoms with Gasteiger partial charge in [-0.3, -0.25) is 0 Å². The second-order valence-electron chi connectivity index (χ2n) is 3.30. The molecule has 1 aromatic heterocycles. The number of benzene rings is 2. The summed E-state index contributed by atoms with van der Waals surface area (Å²) in [6.45, 7) is 0. The second-order valence-corrected chi connectivity index (χ2v) is 3.91. The summed E-state index contributed by atoms with van der Waals surface area (Å²) in [5.41, 5.74) is 0.890. The summed E-state index contributed by atoms with van der Waals surface area (Å²) in [6, 6.07) is 14.3. The molecule has 74 valence electrons. The Bertz CT molecular complexity index is 643. The highest BCUT2D eigenvalue weighted by atomic mass is 31.1. The van der Waals surface area contributed by atoms with Crippen molar-refractivity contribution in [1.29, 1.82) is 0 Å². The van der Waals surface area contributed by atoms with Gasteiger partial charge >= 0.3 is 0 Å². The first kappa shape index (κ1) is 8.63. The zero-order chi connectivity index (χ0) is 10.1. The van der Waals surface area contributed by atoms with Crippen molar-refractivity contribution in [3.8, 4) is 0 Å². The first-order valence-electron chi connectivity index (χ1n) is 4.71. The summed E-state index contributed by atoms with van der Waals surface area (Å²) in [6.07, 6.45) is 1.69. The van der Waals surface area contributed by atoms with E-state index in [-0.39, 0.29) is 8.67 Å². The number of fused-ring (bicyclic) bond motifs is 3. The zero-order valence-electron chi connectivity index (χ0n) is 7.94. The van der Waals surface area contributed by atoms with Gasteiger partial charge in [0.25, 0.3) is 0 Å².